The van der Waals surface area contributed by atoms with E-state index in [1.807, 2.05) is 0 Å². The molecule has 2 rings (SSSR count). The lowest BCUT2D eigenvalue weighted by atomic mass is 9.98. The lowest BCUT2D eigenvalue weighted by molar-refractivity contribution is 0.0270. The Balaban J connectivity index is 1.44. The molecule has 2 aliphatic rings. The quantitative estimate of drug-likeness (QED) is 0.754. The first-order valence-corrected chi connectivity index (χ1v) is 9.03. The average molecular weight is 273 g/mol. The molecule has 1 N–H and O–H groups in total. The van der Waals surface area contributed by atoms with Crippen molar-refractivity contribution in [3.63, 3.8) is 0 Å². The van der Waals surface area contributed by atoms with E-state index in [-0.39, 0.29) is 0 Å². The van der Waals surface area contributed by atoms with Crippen molar-refractivity contribution in [2.45, 2.75) is 63.5 Å². The highest BCUT2D eigenvalue weighted by Crippen LogP contribution is 2.20. The van der Waals surface area contributed by atoms with E-state index in [1.165, 1.54) is 32.1 Å². The van der Waals surface area contributed by atoms with E-state index in [1.54, 1.807) is 0 Å². The van der Waals surface area contributed by atoms with Crippen LogP contribution in [0.3, 0.4) is 0 Å². The zero-order chi connectivity index (χ0) is 12.6. The summed E-state index contributed by atoms with van der Waals surface area (Å²) in [7, 11) is -0.538. The van der Waals surface area contributed by atoms with Crippen LogP contribution in [0.5, 0.6) is 0 Å². The number of ether oxygens (including phenoxy) is 1. The number of hydrogen-bond donors (Lipinski definition) is 1. The molecule has 0 spiro atoms. The monoisotopic (exact) mass is 273 g/mol. The van der Waals surface area contributed by atoms with Crippen molar-refractivity contribution in [1.29, 1.82) is 0 Å². The molecule has 1 aliphatic carbocycles. The van der Waals surface area contributed by atoms with Crippen LogP contribution in [0, 0.1) is 0 Å². The molecule has 2 fully saturated rings. The minimum atomic E-state index is -0.538. The molecule has 4 heteroatoms. The van der Waals surface area contributed by atoms with Crippen molar-refractivity contribution in [3.05, 3.63) is 0 Å². The van der Waals surface area contributed by atoms with Crippen LogP contribution >= 0.6 is 0 Å². The third kappa shape index (κ3) is 5.37. The van der Waals surface area contributed by atoms with Crippen molar-refractivity contribution >= 4 is 10.8 Å². The van der Waals surface area contributed by atoms with Gasteiger partial charge in [0.05, 0.1) is 6.10 Å². The van der Waals surface area contributed by atoms with Gasteiger partial charge in [0.2, 0.25) is 0 Å². The first kappa shape index (κ1) is 14.5. The summed E-state index contributed by atoms with van der Waals surface area (Å²) in [5.74, 6) is 1.77. The summed E-state index contributed by atoms with van der Waals surface area (Å²) in [6.07, 6.45) is 10.4. The fraction of sp³-hybridized carbons (Fsp3) is 1.00. The van der Waals surface area contributed by atoms with Gasteiger partial charge in [-0.15, -0.1) is 0 Å². The molecule has 0 unspecified atom stereocenters. The third-order valence-electron chi connectivity index (χ3n) is 4.05. The Labute approximate surface area is 114 Å². The zero-order valence-electron chi connectivity index (χ0n) is 11.4. The Morgan fingerprint density at radius 2 is 1.78 bits per heavy atom. The maximum absolute atomic E-state index is 11.2. The lowest BCUT2D eigenvalue weighted by Gasteiger charge is -2.24. The summed E-state index contributed by atoms with van der Waals surface area (Å²) >= 11 is 0. The van der Waals surface area contributed by atoms with Crippen LogP contribution in [0.25, 0.3) is 0 Å². The number of hydrogen-bond acceptors (Lipinski definition) is 3. The number of nitrogens with one attached hydrogen (secondary N) is 1. The zero-order valence-corrected chi connectivity index (χ0v) is 12.2. The number of rotatable bonds is 6. The van der Waals surface area contributed by atoms with Gasteiger partial charge in [0.1, 0.15) is 0 Å². The van der Waals surface area contributed by atoms with Gasteiger partial charge in [0, 0.05) is 35.0 Å². The molecule has 18 heavy (non-hydrogen) atoms. The fourth-order valence-corrected chi connectivity index (χ4v) is 4.16. The fourth-order valence-electron chi connectivity index (χ4n) is 2.86. The van der Waals surface area contributed by atoms with Crippen molar-refractivity contribution < 1.29 is 8.95 Å². The lowest BCUT2D eigenvalue weighted by Crippen LogP contribution is -2.36. The molecule has 0 radical (unpaired) electrons. The molecule has 0 aromatic heterocycles. The highest BCUT2D eigenvalue weighted by atomic mass is 32.2. The SMILES string of the molecule is O=S1CCC(NCCCOC2CCCCC2)CC1. The minimum absolute atomic E-state index is 0.538. The maximum atomic E-state index is 11.2. The van der Waals surface area contributed by atoms with Crippen molar-refractivity contribution in [3.8, 4) is 0 Å². The summed E-state index contributed by atoms with van der Waals surface area (Å²) in [4.78, 5) is 0. The molecule has 106 valence electrons. The second kappa shape index (κ2) is 8.28. The standard InChI is InChI=1S/C14H27NO2S/c16-18-11-7-13(8-12-18)15-9-4-10-17-14-5-2-1-3-6-14/h13-15H,1-12H2. The van der Waals surface area contributed by atoms with Gasteiger partial charge in [-0.3, -0.25) is 4.21 Å². The Hall–Kier alpha value is 0.0700. The van der Waals surface area contributed by atoms with Gasteiger partial charge in [-0.1, -0.05) is 19.3 Å². The van der Waals surface area contributed by atoms with E-state index in [2.05, 4.69) is 5.32 Å². The summed E-state index contributed by atoms with van der Waals surface area (Å²) in [6, 6.07) is 0.595. The van der Waals surface area contributed by atoms with Crippen LogP contribution in [0.4, 0.5) is 0 Å². The van der Waals surface area contributed by atoms with Crippen LogP contribution in [-0.2, 0) is 15.5 Å². The van der Waals surface area contributed by atoms with E-state index in [0.29, 0.717) is 12.1 Å². The van der Waals surface area contributed by atoms with Crippen LogP contribution in [0.2, 0.25) is 0 Å². The summed E-state index contributed by atoms with van der Waals surface area (Å²) in [5.41, 5.74) is 0. The Morgan fingerprint density at radius 3 is 2.50 bits per heavy atom. The normalized spacial score (nSPS) is 30.4. The van der Waals surface area contributed by atoms with Crippen LogP contribution in [-0.4, -0.2) is 41.0 Å². The van der Waals surface area contributed by atoms with E-state index in [0.717, 1.165) is 43.9 Å². The molecule has 0 amide bonds. The first-order chi connectivity index (χ1) is 8.84. The second-order valence-corrected chi connectivity index (χ2v) is 7.26. The summed E-state index contributed by atoms with van der Waals surface area (Å²) in [6.45, 7) is 1.94. The molecule has 0 atom stereocenters. The van der Waals surface area contributed by atoms with Gasteiger partial charge in [-0.2, -0.15) is 0 Å². The van der Waals surface area contributed by atoms with Crippen molar-refractivity contribution in [2.24, 2.45) is 0 Å². The van der Waals surface area contributed by atoms with Crippen LogP contribution in [0.15, 0.2) is 0 Å². The van der Waals surface area contributed by atoms with Gasteiger partial charge in [-0.05, 0) is 38.6 Å². The maximum Gasteiger partial charge on any atom is 0.0575 e. The molecule has 0 bridgehead atoms. The van der Waals surface area contributed by atoms with Gasteiger partial charge < -0.3 is 10.1 Å². The van der Waals surface area contributed by atoms with Crippen molar-refractivity contribution in [2.75, 3.05) is 24.7 Å². The summed E-state index contributed by atoms with van der Waals surface area (Å²) in [5, 5.41) is 3.57. The van der Waals surface area contributed by atoms with Crippen LogP contribution in [0.1, 0.15) is 51.4 Å². The van der Waals surface area contributed by atoms with Crippen LogP contribution < -0.4 is 5.32 Å². The molecule has 0 aromatic rings. The largest absolute Gasteiger partial charge is 0.378 e. The first-order valence-electron chi connectivity index (χ1n) is 7.54. The Kier molecular flexibility index (Phi) is 6.66. The minimum Gasteiger partial charge on any atom is -0.378 e. The van der Waals surface area contributed by atoms with E-state index < -0.39 is 10.8 Å². The molecular weight excluding hydrogens is 246 g/mol. The molecule has 1 saturated heterocycles. The molecule has 3 nitrogen and oxygen atoms in total. The predicted molar refractivity (Wildman–Crippen MR) is 76.3 cm³/mol. The van der Waals surface area contributed by atoms with Gasteiger partial charge in [0.15, 0.2) is 0 Å². The molecule has 1 saturated carbocycles. The molecule has 1 aliphatic heterocycles. The van der Waals surface area contributed by atoms with Gasteiger partial charge >= 0.3 is 0 Å². The van der Waals surface area contributed by atoms with E-state index in [9.17, 15) is 4.21 Å². The van der Waals surface area contributed by atoms with E-state index in [4.69, 9.17) is 4.74 Å². The van der Waals surface area contributed by atoms with Gasteiger partial charge in [0.25, 0.3) is 0 Å². The van der Waals surface area contributed by atoms with Crippen molar-refractivity contribution in [1.82, 2.24) is 5.32 Å². The predicted octanol–water partition coefficient (Wildman–Crippen LogP) is 2.23. The highest BCUT2D eigenvalue weighted by molar-refractivity contribution is 7.85. The van der Waals surface area contributed by atoms with E-state index >= 15 is 0 Å². The summed E-state index contributed by atoms with van der Waals surface area (Å²) < 4.78 is 17.1. The Morgan fingerprint density at radius 1 is 1.06 bits per heavy atom. The Bertz CT molecular complexity index is 244. The second-order valence-electron chi connectivity index (χ2n) is 5.56. The highest BCUT2D eigenvalue weighted by Gasteiger charge is 2.17. The third-order valence-corrected chi connectivity index (χ3v) is 5.43. The topological polar surface area (TPSA) is 38.3 Å². The molecule has 0 aromatic carbocycles. The molecule has 1 heterocycles. The average Bonchev–Trinajstić information content (AvgIpc) is 2.42. The smallest absolute Gasteiger partial charge is 0.0575 e. The van der Waals surface area contributed by atoms with Gasteiger partial charge in [-0.25, -0.2) is 0 Å². The molecular formula is C14H27NO2S.